The summed E-state index contributed by atoms with van der Waals surface area (Å²) in [5.41, 5.74) is 10.4. The average Bonchev–Trinajstić information content (AvgIpc) is 2.60. The van der Waals surface area contributed by atoms with Crippen molar-refractivity contribution in [2.45, 2.75) is 19.8 Å². The van der Waals surface area contributed by atoms with Crippen molar-refractivity contribution in [1.29, 1.82) is 0 Å². The van der Waals surface area contributed by atoms with Crippen LogP contribution >= 0.6 is 0 Å². The first-order valence-corrected chi connectivity index (χ1v) is 8.31. The van der Waals surface area contributed by atoms with Crippen LogP contribution in [-0.2, 0) is 0 Å². The Bertz CT molecular complexity index is 1050. The van der Waals surface area contributed by atoms with Crippen LogP contribution < -0.4 is 5.73 Å². The Morgan fingerprint density at radius 3 is 2.33 bits per heavy atom. The molecule has 0 unspecified atom stereocenters. The molecule has 0 saturated heterocycles. The van der Waals surface area contributed by atoms with Gasteiger partial charge in [0, 0.05) is 22.8 Å². The summed E-state index contributed by atoms with van der Waals surface area (Å²) < 4.78 is 0. The van der Waals surface area contributed by atoms with E-state index in [4.69, 9.17) is 5.73 Å². The predicted molar refractivity (Wildman–Crippen MR) is 103 cm³/mol. The summed E-state index contributed by atoms with van der Waals surface area (Å²) in [6.45, 7) is 4.43. The average molecular weight is 312 g/mol. The molecule has 0 saturated carbocycles. The molecular formula is C22H20N2. The maximum atomic E-state index is 6.35. The van der Waals surface area contributed by atoms with Crippen molar-refractivity contribution in [2.24, 2.45) is 0 Å². The van der Waals surface area contributed by atoms with Gasteiger partial charge in [0.15, 0.2) is 0 Å². The third-order valence-electron chi connectivity index (χ3n) is 4.63. The number of anilines is 1. The number of pyridine rings is 1. The molecule has 2 heteroatoms. The molecule has 3 aromatic carbocycles. The number of hydrogen-bond acceptors (Lipinski definition) is 2. The zero-order valence-electron chi connectivity index (χ0n) is 14.0. The molecule has 0 aliphatic carbocycles. The van der Waals surface area contributed by atoms with Gasteiger partial charge < -0.3 is 5.73 Å². The van der Waals surface area contributed by atoms with Crippen LogP contribution in [0.3, 0.4) is 0 Å². The molecule has 0 spiro atoms. The van der Waals surface area contributed by atoms with Crippen molar-refractivity contribution in [1.82, 2.24) is 4.98 Å². The van der Waals surface area contributed by atoms with Crippen molar-refractivity contribution < 1.29 is 0 Å². The van der Waals surface area contributed by atoms with Crippen molar-refractivity contribution in [2.75, 3.05) is 5.73 Å². The largest absolute Gasteiger partial charge is 0.398 e. The maximum absolute atomic E-state index is 6.35. The summed E-state index contributed by atoms with van der Waals surface area (Å²) in [7, 11) is 0. The summed E-state index contributed by atoms with van der Waals surface area (Å²) in [5.74, 6) is 0.511. The highest BCUT2D eigenvalue weighted by Gasteiger charge is 2.11. The fourth-order valence-corrected chi connectivity index (χ4v) is 3.23. The van der Waals surface area contributed by atoms with Crippen LogP contribution in [0.4, 0.5) is 5.69 Å². The molecule has 2 N–H and O–H groups in total. The van der Waals surface area contributed by atoms with Crippen LogP contribution in [0.25, 0.3) is 32.8 Å². The van der Waals surface area contributed by atoms with Crippen LogP contribution in [0.2, 0.25) is 0 Å². The van der Waals surface area contributed by atoms with Crippen molar-refractivity contribution in [3.63, 3.8) is 0 Å². The van der Waals surface area contributed by atoms with Gasteiger partial charge in [-0.3, -0.25) is 4.98 Å². The van der Waals surface area contributed by atoms with E-state index in [2.05, 4.69) is 61.3 Å². The van der Waals surface area contributed by atoms with Gasteiger partial charge in [0.25, 0.3) is 0 Å². The van der Waals surface area contributed by atoms with E-state index in [9.17, 15) is 0 Å². The SMILES string of the molecule is CC(C)c1ccc2c(-c3cc4ccccc4cc3N)nccc2c1. The lowest BCUT2D eigenvalue weighted by atomic mass is 9.96. The Morgan fingerprint density at radius 2 is 1.58 bits per heavy atom. The number of nitrogens with two attached hydrogens (primary N) is 1. The van der Waals surface area contributed by atoms with Gasteiger partial charge in [-0.2, -0.15) is 0 Å². The van der Waals surface area contributed by atoms with E-state index >= 15 is 0 Å². The van der Waals surface area contributed by atoms with Gasteiger partial charge in [0.2, 0.25) is 0 Å². The summed E-state index contributed by atoms with van der Waals surface area (Å²) in [5, 5.41) is 4.68. The molecule has 2 nitrogen and oxygen atoms in total. The van der Waals surface area contributed by atoms with Gasteiger partial charge in [0.1, 0.15) is 0 Å². The number of fused-ring (bicyclic) bond motifs is 2. The molecule has 118 valence electrons. The van der Waals surface area contributed by atoms with Crippen molar-refractivity contribution >= 4 is 27.2 Å². The Kier molecular flexibility index (Phi) is 3.46. The van der Waals surface area contributed by atoms with Crippen LogP contribution in [-0.4, -0.2) is 4.98 Å². The van der Waals surface area contributed by atoms with Crippen LogP contribution in [0.15, 0.2) is 66.9 Å². The predicted octanol–water partition coefficient (Wildman–Crippen LogP) is 5.76. The highest BCUT2D eigenvalue weighted by atomic mass is 14.7. The lowest BCUT2D eigenvalue weighted by Gasteiger charge is -2.12. The molecule has 4 rings (SSSR count). The standard InChI is InChI=1S/C22H20N2/c1-14(2)15-7-8-19-18(11-15)9-10-24-22(19)20-12-16-5-3-4-6-17(16)13-21(20)23/h3-14H,23H2,1-2H3. The second-order valence-electron chi connectivity index (χ2n) is 6.58. The highest BCUT2D eigenvalue weighted by molar-refractivity contribution is 6.01. The van der Waals surface area contributed by atoms with Gasteiger partial charge in [-0.15, -0.1) is 0 Å². The van der Waals surface area contributed by atoms with E-state index in [-0.39, 0.29) is 0 Å². The normalized spacial score (nSPS) is 11.5. The number of hydrogen-bond donors (Lipinski definition) is 1. The smallest absolute Gasteiger partial charge is 0.0801 e. The first kappa shape index (κ1) is 14.7. The zero-order valence-corrected chi connectivity index (χ0v) is 14.0. The van der Waals surface area contributed by atoms with E-state index in [1.807, 2.05) is 24.4 Å². The van der Waals surface area contributed by atoms with E-state index in [1.54, 1.807) is 0 Å². The lowest BCUT2D eigenvalue weighted by Crippen LogP contribution is -1.94. The number of rotatable bonds is 2. The Labute approximate surface area is 142 Å². The summed E-state index contributed by atoms with van der Waals surface area (Å²) in [6, 6.07) is 21.1. The molecule has 0 aliphatic heterocycles. The van der Waals surface area contributed by atoms with E-state index in [1.165, 1.54) is 16.3 Å². The number of aromatic nitrogens is 1. The fraction of sp³-hybridized carbons (Fsp3) is 0.136. The van der Waals surface area contributed by atoms with Gasteiger partial charge in [0.05, 0.1) is 5.69 Å². The maximum Gasteiger partial charge on any atom is 0.0801 e. The van der Waals surface area contributed by atoms with Crippen molar-refractivity contribution in [3.8, 4) is 11.3 Å². The van der Waals surface area contributed by atoms with Gasteiger partial charge >= 0.3 is 0 Å². The highest BCUT2D eigenvalue weighted by Crippen LogP contribution is 2.34. The van der Waals surface area contributed by atoms with E-state index in [0.717, 1.165) is 27.7 Å². The summed E-state index contributed by atoms with van der Waals surface area (Å²) in [6.07, 6.45) is 1.87. The Morgan fingerprint density at radius 1 is 0.833 bits per heavy atom. The quantitative estimate of drug-likeness (QED) is 0.478. The lowest BCUT2D eigenvalue weighted by molar-refractivity contribution is 0.869. The number of benzene rings is 3. The van der Waals surface area contributed by atoms with Crippen LogP contribution in [0.5, 0.6) is 0 Å². The van der Waals surface area contributed by atoms with Crippen LogP contribution in [0.1, 0.15) is 25.3 Å². The van der Waals surface area contributed by atoms with Gasteiger partial charge in [-0.25, -0.2) is 0 Å². The molecule has 0 atom stereocenters. The monoisotopic (exact) mass is 312 g/mol. The molecule has 0 amide bonds. The molecule has 1 aromatic heterocycles. The topological polar surface area (TPSA) is 38.9 Å². The molecule has 0 bridgehead atoms. The summed E-state index contributed by atoms with van der Waals surface area (Å²) >= 11 is 0. The molecule has 1 heterocycles. The first-order valence-electron chi connectivity index (χ1n) is 8.31. The third kappa shape index (κ3) is 2.41. The van der Waals surface area contributed by atoms with Crippen LogP contribution in [0, 0.1) is 0 Å². The van der Waals surface area contributed by atoms with E-state index < -0.39 is 0 Å². The molecule has 0 aliphatic rings. The molecule has 0 radical (unpaired) electrons. The molecule has 4 aromatic rings. The van der Waals surface area contributed by atoms with Gasteiger partial charge in [-0.05, 0) is 45.8 Å². The first-order chi connectivity index (χ1) is 11.6. The Balaban J connectivity index is 1.98. The minimum Gasteiger partial charge on any atom is -0.398 e. The van der Waals surface area contributed by atoms with Gasteiger partial charge in [-0.1, -0.05) is 56.3 Å². The zero-order chi connectivity index (χ0) is 16.7. The summed E-state index contributed by atoms with van der Waals surface area (Å²) in [4.78, 5) is 4.64. The molecule has 24 heavy (non-hydrogen) atoms. The molecular weight excluding hydrogens is 292 g/mol. The van der Waals surface area contributed by atoms with E-state index in [0.29, 0.717) is 5.92 Å². The minimum atomic E-state index is 0.511. The third-order valence-corrected chi connectivity index (χ3v) is 4.63. The second kappa shape index (κ2) is 5.64. The second-order valence-corrected chi connectivity index (χ2v) is 6.58. The van der Waals surface area contributed by atoms with Crippen molar-refractivity contribution in [3.05, 3.63) is 72.4 Å². The Hall–Kier alpha value is -2.87. The fourth-order valence-electron chi connectivity index (χ4n) is 3.23. The number of nitrogen functional groups attached to an aromatic ring is 1. The minimum absolute atomic E-state index is 0.511. The molecule has 0 fully saturated rings. The number of nitrogens with zero attached hydrogens (tertiary/aromatic N) is 1.